The van der Waals surface area contributed by atoms with Crippen LogP contribution >= 0.6 is 22.6 Å². The Labute approximate surface area is 185 Å². The van der Waals surface area contributed by atoms with E-state index in [1.54, 1.807) is 0 Å². The van der Waals surface area contributed by atoms with Crippen LogP contribution in [0.2, 0.25) is 0 Å². The summed E-state index contributed by atoms with van der Waals surface area (Å²) < 4.78 is 70.4. The molecule has 6 nitrogen and oxygen atoms in total. The molecule has 0 heterocycles. The molecule has 2 aromatic rings. The standard InChI is InChI=1S/C19H20F3IN2O4S/c20-12-9-11(23)3-4-14(12)24-18-16(22)13(21)10-15(27)17(18)25-30(28,29)19(5-1-6-19)7-2-8-26/h3-4,9-10,24-27H,1-2,5-8H2. The number of aromatic hydroxyl groups is 1. The molecule has 0 amide bonds. The molecule has 0 bridgehead atoms. The molecule has 3 rings (SSSR count). The molecule has 0 aromatic heterocycles. The zero-order chi connectivity index (χ0) is 22.1. The zero-order valence-electron chi connectivity index (χ0n) is 15.7. The van der Waals surface area contributed by atoms with Crippen molar-refractivity contribution in [1.82, 2.24) is 0 Å². The van der Waals surface area contributed by atoms with E-state index in [0.29, 0.717) is 28.9 Å². The predicted molar refractivity (Wildman–Crippen MR) is 116 cm³/mol. The number of halogens is 4. The summed E-state index contributed by atoms with van der Waals surface area (Å²) >= 11 is 1.87. The number of phenolic OH excluding ortho intramolecular Hbond substituents is 1. The van der Waals surface area contributed by atoms with Gasteiger partial charge in [-0.1, -0.05) is 6.42 Å². The van der Waals surface area contributed by atoms with E-state index in [1.165, 1.54) is 12.1 Å². The first-order chi connectivity index (χ1) is 14.1. The van der Waals surface area contributed by atoms with E-state index in [4.69, 9.17) is 5.11 Å². The summed E-state index contributed by atoms with van der Waals surface area (Å²) in [6.07, 6.45) is 1.76. The van der Waals surface area contributed by atoms with Gasteiger partial charge in [-0.2, -0.15) is 0 Å². The summed E-state index contributed by atoms with van der Waals surface area (Å²) in [5.41, 5.74) is -1.56. The van der Waals surface area contributed by atoms with Crippen LogP contribution in [-0.2, 0) is 10.0 Å². The van der Waals surface area contributed by atoms with Crippen LogP contribution in [0.15, 0.2) is 24.3 Å². The van der Waals surface area contributed by atoms with Crippen LogP contribution in [0.4, 0.5) is 30.2 Å². The van der Waals surface area contributed by atoms with Crippen molar-refractivity contribution in [2.24, 2.45) is 0 Å². The Morgan fingerprint density at radius 3 is 2.37 bits per heavy atom. The maximum Gasteiger partial charge on any atom is 0.238 e. The normalized spacial score (nSPS) is 15.5. The van der Waals surface area contributed by atoms with Crippen molar-refractivity contribution in [2.75, 3.05) is 16.6 Å². The fourth-order valence-electron chi connectivity index (χ4n) is 3.43. The summed E-state index contributed by atoms with van der Waals surface area (Å²) in [4.78, 5) is 0. The molecule has 0 saturated heterocycles. The van der Waals surface area contributed by atoms with Gasteiger partial charge in [0.1, 0.15) is 22.9 Å². The Morgan fingerprint density at radius 1 is 1.10 bits per heavy atom. The fraction of sp³-hybridized carbons (Fsp3) is 0.368. The lowest BCUT2D eigenvalue weighted by Crippen LogP contribution is -2.48. The van der Waals surface area contributed by atoms with E-state index < -0.39 is 49.3 Å². The van der Waals surface area contributed by atoms with Crippen LogP contribution in [0.25, 0.3) is 0 Å². The smallest absolute Gasteiger partial charge is 0.238 e. The highest BCUT2D eigenvalue weighted by molar-refractivity contribution is 14.1. The third-order valence-electron chi connectivity index (χ3n) is 5.25. The first-order valence-electron chi connectivity index (χ1n) is 9.16. The van der Waals surface area contributed by atoms with Crippen molar-refractivity contribution in [1.29, 1.82) is 0 Å². The summed E-state index contributed by atoms with van der Waals surface area (Å²) in [7, 11) is -4.14. The lowest BCUT2D eigenvalue weighted by molar-refractivity contribution is 0.247. The van der Waals surface area contributed by atoms with Gasteiger partial charge >= 0.3 is 0 Å². The minimum absolute atomic E-state index is 0.178. The van der Waals surface area contributed by atoms with Gasteiger partial charge in [0.2, 0.25) is 10.0 Å². The lowest BCUT2D eigenvalue weighted by Gasteiger charge is -2.41. The molecule has 1 saturated carbocycles. The molecule has 30 heavy (non-hydrogen) atoms. The Hall–Kier alpha value is -1.73. The summed E-state index contributed by atoms with van der Waals surface area (Å²) in [6, 6.07) is 4.41. The van der Waals surface area contributed by atoms with Gasteiger partial charge in [-0.25, -0.2) is 21.6 Å². The van der Waals surface area contributed by atoms with Crippen LogP contribution < -0.4 is 10.0 Å². The largest absolute Gasteiger partial charge is 0.506 e. The molecule has 1 fully saturated rings. The van der Waals surface area contributed by atoms with Crippen LogP contribution in [0.1, 0.15) is 32.1 Å². The fourth-order valence-corrected chi connectivity index (χ4v) is 5.81. The molecule has 0 unspecified atom stereocenters. The molecule has 164 valence electrons. The Kier molecular flexibility index (Phi) is 6.72. The van der Waals surface area contributed by atoms with Crippen LogP contribution in [0.5, 0.6) is 5.75 Å². The van der Waals surface area contributed by atoms with Crippen LogP contribution in [0, 0.1) is 21.0 Å². The SMILES string of the molecule is O=S(=O)(Nc1c(O)cc(F)c(F)c1Nc1ccc(I)cc1F)C1(CCCO)CCC1. The molecule has 0 radical (unpaired) electrons. The van der Waals surface area contributed by atoms with Gasteiger partial charge in [-0.05, 0) is 66.5 Å². The molecular weight excluding hydrogens is 536 g/mol. The van der Waals surface area contributed by atoms with E-state index in [9.17, 15) is 26.7 Å². The van der Waals surface area contributed by atoms with Crippen molar-refractivity contribution in [2.45, 2.75) is 36.9 Å². The maximum atomic E-state index is 14.6. The highest BCUT2D eigenvalue weighted by Crippen LogP contribution is 2.46. The molecule has 0 spiro atoms. The quantitative estimate of drug-likeness (QED) is 0.282. The van der Waals surface area contributed by atoms with Crippen molar-refractivity contribution < 1.29 is 31.8 Å². The Morgan fingerprint density at radius 2 is 1.80 bits per heavy atom. The van der Waals surface area contributed by atoms with Crippen molar-refractivity contribution in [3.8, 4) is 5.75 Å². The molecular formula is C19H20F3IN2O4S. The van der Waals surface area contributed by atoms with Gasteiger partial charge in [0.05, 0.1) is 10.4 Å². The molecule has 1 aliphatic carbocycles. The topological polar surface area (TPSA) is 98.7 Å². The molecule has 1 aliphatic rings. The van der Waals surface area contributed by atoms with Gasteiger partial charge < -0.3 is 15.5 Å². The van der Waals surface area contributed by atoms with E-state index in [1.807, 2.05) is 22.6 Å². The third-order valence-corrected chi connectivity index (χ3v) is 8.15. The van der Waals surface area contributed by atoms with Gasteiger partial charge in [0, 0.05) is 16.2 Å². The van der Waals surface area contributed by atoms with Crippen LogP contribution in [-0.4, -0.2) is 30.0 Å². The molecule has 0 aliphatic heterocycles. The minimum Gasteiger partial charge on any atom is -0.506 e. The number of aliphatic hydroxyl groups excluding tert-OH is 1. The first kappa shape index (κ1) is 22.9. The minimum atomic E-state index is -4.14. The van der Waals surface area contributed by atoms with Crippen molar-refractivity contribution in [3.63, 3.8) is 0 Å². The molecule has 4 N–H and O–H groups in total. The molecule has 0 atom stereocenters. The number of nitrogens with one attached hydrogen (secondary N) is 2. The number of rotatable bonds is 8. The van der Waals surface area contributed by atoms with Crippen molar-refractivity contribution >= 4 is 49.7 Å². The van der Waals surface area contributed by atoms with E-state index in [2.05, 4.69) is 10.0 Å². The van der Waals surface area contributed by atoms with Crippen molar-refractivity contribution in [3.05, 3.63) is 45.3 Å². The molecule has 2 aromatic carbocycles. The van der Waals surface area contributed by atoms with Gasteiger partial charge in [0.15, 0.2) is 11.6 Å². The number of benzene rings is 2. The molecule has 11 heteroatoms. The van der Waals surface area contributed by atoms with E-state index >= 15 is 0 Å². The number of aliphatic hydroxyl groups is 1. The van der Waals surface area contributed by atoms with E-state index in [-0.39, 0.29) is 25.1 Å². The summed E-state index contributed by atoms with van der Waals surface area (Å²) in [5, 5.41) is 21.6. The second-order valence-electron chi connectivity index (χ2n) is 7.16. The second-order valence-corrected chi connectivity index (χ2v) is 10.5. The Bertz CT molecular complexity index is 1060. The maximum absolute atomic E-state index is 14.6. The summed E-state index contributed by atoms with van der Waals surface area (Å²) in [5.74, 6) is -4.51. The number of hydrogen-bond donors (Lipinski definition) is 4. The average Bonchev–Trinajstić information content (AvgIpc) is 2.63. The number of anilines is 3. The zero-order valence-corrected chi connectivity index (χ0v) is 18.7. The lowest BCUT2D eigenvalue weighted by atomic mass is 9.81. The van der Waals surface area contributed by atoms with Gasteiger partial charge in [-0.15, -0.1) is 0 Å². The first-order valence-corrected chi connectivity index (χ1v) is 11.7. The number of hydrogen-bond acceptors (Lipinski definition) is 5. The van der Waals surface area contributed by atoms with Gasteiger partial charge in [0.25, 0.3) is 0 Å². The monoisotopic (exact) mass is 556 g/mol. The van der Waals surface area contributed by atoms with E-state index in [0.717, 1.165) is 6.07 Å². The van der Waals surface area contributed by atoms with Crippen LogP contribution in [0.3, 0.4) is 0 Å². The highest BCUT2D eigenvalue weighted by atomic mass is 127. The highest BCUT2D eigenvalue weighted by Gasteiger charge is 2.48. The number of sulfonamides is 1. The predicted octanol–water partition coefficient (Wildman–Crippen LogP) is 4.59. The third kappa shape index (κ3) is 4.33. The van der Waals surface area contributed by atoms with Gasteiger partial charge in [-0.3, -0.25) is 4.72 Å². The summed E-state index contributed by atoms with van der Waals surface area (Å²) in [6.45, 7) is -0.188. The number of phenols is 1. The second kappa shape index (κ2) is 8.79. The average molecular weight is 556 g/mol. The Balaban J connectivity index is 2.03.